The van der Waals surface area contributed by atoms with Crippen LogP contribution in [-0.4, -0.2) is 41.9 Å². The van der Waals surface area contributed by atoms with Gasteiger partial charge in [-0.05, 0) is 48.0 Å². The van der Waals surface area contributed by atoms with Gasteiger partial charge < -0.3 is 15.0 Å². The molecule has 0 spiro atoms. The highest BCUT2D eigenvalue weighted by atomic mass is 32.2. The number of benzene rings is 2. The third kappa shape index (κ3) is 4.19. The normalized spacial score (nSPS) is 15.9. The SMILES string of the molecule is COc1ccc(C2=C(c3cccnc3)SC(CNC(=O)c3ccccc3)N2C)cc1. The van der Waals surface area contributed by atoms with E-state index >= 15 is 0 Å². The highest BCUT2D eigenvalue weighted by molar-refractivity contribution is 8.09. The molecule has 30 heavy (non-hydrogen) atoms. The van der Waals surface area contributed by atoms with Gasteiger partial charge in [0.2, 0.25) is 0 Å². The maximum absolute atomic E-state index is 12.5. The first kappa shape index (κ1) is 20.0. The van der Waals surface area contributed by atoms with Crippen molar-refractivity contribution in [1.82, 2.24) is 15.2 Å². The molecule has 0 bridgehead atoms. The number of rotatable bonds is 6. The maximum atomic E-state index is 12.5. The lowest BCUT2D eigenvalue weighted by molar-refractivity contribution is 0.0950. The summed E-state index contributed by atoms with van der Waals surface area (Å²) in [6, 6.07) is 21.4. The summed E-state index contributed by atoms with van der Waals surface area (Å²) >= 11 is 1.74. The highest BCUT2D eigenvalue weighted by Crippen LogP contribution is 2.47. The summed E-state index contributed by atoms with van der Waals surface area (Å²) in [4.78, 5) is 20.2. The van der Waals surface area contributed by atoms with E-state index in [1.807, 2.05) is 54.7 Å². The second kappa shape index (κ2) is 9.05. The second-order valence-electron chi connectivity index (χ2n) is 6.91. The Morgan fingerprint density at radius 3 is 2.50 bits per heavy atom. The monoisotopic (exact) mass is 417 g/mol. The van der Waals surface area contributed by atoms with Crippen molar-refractivity contribution in [2.75, 3.05) is 20.7 Å². The molecule has 1 aliphatic heterocycles. The lowest BCUT2D eigenvalue weighted by Gasteiger charge is -2.24. The van der Waals surface area contributed by atoms with Crippen LogP contribution < -0.4 is 10.1 Å². The first-order chi connectivity index (χ1) is 14.7. The Morgan fingerprint density at radius 2 is 1.83 bits per heavy atom. The molecule has 0 saturated heterocycles. The van der Waals surface area contributed by atoms with Crippen molar-refractivity contribution < 1.29 is 9.53 Å². The Labute approximate surface area is 180 Å². The molecule has 1 atom stereocenters. The van der Waals surface area contributed by atoms with Gasteiger partial charge in [0.15, 0.2) is 0 Å². The molecule has 6 heteroatoms. The number of methoxy groups -OCH3 is 1. The smallest absolute Gasteiger partial charge is 0.251 e. The standard InChI is InChI=1S/C24H23N3O2S/c1-27-21(16-26-24(28)18-7-4-3-5-8-18)30-23(19-9-6-14-25-15-19)22(27)17-10-12-20(29-2)13-11-17/h3-15,21H,16H2,1-2H3,(H,26,28). The second-order valence-corrected chi connectivity index (χ2v) is 8.10. The van der Waals surface area contributed by atoms with Crippen molar-refractivity contribution >= 4 is 28.3 Å². The number of carbonyl (C=O) groups is 1. The van der Waals surface area contributed by atoms with Crippen molar-refractivity contribution in [3.8, 4) is 5.75 Å². The maximum Gasteiger partial charge on any atom is 0.251 e. The fourth-order valence-electron chi connectivity index (χ4n) is 3.41. The average Bonchev–Trinajstić information content (AvgIpc) is 3.14. The van der Waals surface area contributed by atoms with Crippen LogP contribution in [0.4, 0.5) is 0 Å². The number of amides is 1. The summed E-state index contributed by atoms with van der Waals surface area (Å²) in [5.41, 5.74) is 3.95. The molecule has 0 aliphatic carbocycles. The molecule has 0 radical (unpaired) electrons. The molecule has 152 valence electrons. The number of pyridine rings is 1. The Bertz CT molecular complexity index is 1040. The van der Waals surface area contributed by atoms with Crippen LogP contribution in [0.25, 0.3) is 10.6 Å². The van der Waals surface area contributed by atoms with Crippen molar-refractivity contribution in [1.29, 1.82) is 0 Å². The fraction of sp³-hybridized carbons (Fsp3) is 0.167. The lowest BCUT2D eigenvalue weighted by Crippen LogP contribution is -2.37. The van der Waals surface area contributed by atoms with E-state index in [2.05, 4.69) is 40.4 Å². The Morgan fingerprint density at radius 1 is 1.07 bits per heavy atom. The van der Waals surface area contributed by atoms with Gasteiger partial charge in [0.25, 0.3) is 5.91 Å². The highest BCUT2D eigenvalue weighted by Gasteiger charge is 2.32. The largest absolute Gasteiger partial charge is 0.497 e. The van der Waals surface area contributed by atoms with Crippen LogP contribution >= 0.6 is 11.8 Å². The van der Waals surface area contributed by atoms with Crippen LogP contribution in [-0.2, 0) is 0 Å². The first-order valence-corrected chi connectivity index (χ1v) is 10.6. The van der Waals surface area contributed by atoms with Crippen LogP contribution in [0, 0.1) is 0 Å². The summed E-state index contributed by atoms with van der Waals surface area (Å²) < 4.78 is 5.31. The van der Waals surface area contributed by atoms with E-state index in [1.165, 1.54) is 0 Å². The van der Waals surface area contributed by atoms with Crippen LogP contribution in [0.5, 0.6) is 5.75 Å². The van der Waals surface area contributed by atoms with Crippen molar-refractivity contribution in [3.05, 3.63) is 95.8 Å². The lowest BCUT2D eigenvalue weighted by atomic mass is 10.1. The van der Waals surface area contributed by atoms with Gasteiger partial charge in [0, 0.05) is 42.0 Å². The number of nitrogens with zero attached hydrogens (tertiary/aromatic N) is 2. The van der Waals surface area contributed by atoms with Crippen molar-refractivity contribution in [3.63, 3.8) is 0 Å². The zero-order valence-electron chi connectivity index (χ0n) is 16.9. The summed E-state index contributed by atoms with van der Waals surface area (Å²) in [5, 5.41) is 3.14. The fourth-order valence-corrected chi connectivity index (χ4v) is 4.74. The van der Waals surface area contributed by atoms with Gasteiger partial charge in [0.1, 0.15) is 5.75 Å². The van der Waals surface area contributed by atoms with E-state index in [-0.39, 0.29) is 11.3 Å². The molecular weight excluding hydrogens is 394 g/mol. The number of carbonyl (C=O) groups excluding carboxylic acids is 1. The van der Waals surface area contributed by atoms with E-state index in [0.29, 0.717) is 12.1 Å². The topological polar surface area (TPSA) is 54.5 Å². The van der Waals surface area contributed by atoms with Gasteiger partial charge in [-0.15, -0.1) is 0 Å². The molecule has 2 heterocycles. The summed E-state index contributed by atoms with van der Waals surface area (Å²) in [5.74, 6) is 0.757. The predicted molar refractivity (Wildman–Crippen MR) is 122 cm³/mol. The van der Waals surface area contributed by atoms with Gasteiger partial charge in [-0.2, -0.15) is 0 Å². The van der Waals surface area contributed by atoms with E-state index < -0.39 is 0 Å². The minimum Gasteiger partial charge on any atom is -0.497 e. The van der Waals surface area contributed by atoms with Gasteiger partial charge >= 0.3 is 0 Å². The minimum atomic E-state index is -0.0644. The number of hydrogen-bond donors (Lipinski definition) is 1. The summed E-state index contributed by atoms with van der Waals surface area (Å²) in [6.07, 6.45) is 3.66. The third-order valence-electron chi connectivity index (χ3n) is 5.01. The number of hydrogen-bond acceptors (Lipinski definition) is 5. The van der Waals surface area contributed by atoms with Crippen LogP contribution in [0.3, 0.4) is 0 Å². The molecule has 1 unspecified atom stereocenters. The van der Waals surface area contributed by atoms with Crippen molar-refractivity contribution in [2.45, 2.75) is 5.37 Å². The Balaban J connectivity index is 1.58. The number of likely N-dealkylation sites (N-methyl/N-ethyl adjacent to an activating group) is 1. The Hall–Kier alpha value is -3.25. The molecule has 1 N–H and O–H groups in total. The van der Waals surface area contributed by atoms with Gasteiger partial charge in [-0.25, -0.2) is 0 Å². The van der Waals surface area contributed by atoms with Crippen molar-refractivity contribution in [2.24, 2.45) is 0 Å². The number of thioether (sulfide) groups is 1. The molecule has 1 aromatic heterocycles. The molecule has 3 aromatic rings. The number of ether oxygens (including phenoxy) is 1. The minimum absolute atomic E-state index is 0.0644. The molecule has 1 amide bonds. The average molecular weight is 418 g/mol. The molecule has 0 fully saturated rings. The zero-order chi connectivity index (χ0) is 20.9. The van der Waals surface area contributed by atoms with Crippen LogP contribution in [0.2, 0.25) is 0 Å². The number of nitrogens with one attached hydrogen (secondary N) is 1. The molecular formula is C24H23N3O2S. The summed E-state index contributed by atoms with van der Waals surface area (Å²) in [7, 11) is 3.73. The van der Waals surface area contributed by atoms with Gasteiger partial charge in [-0.1, -0.05) is 36.0 Å². The third-order valence-corrected chi connectivity index (χ3v) is 6.43. The number of aromatic nitrogens is 1. The first-order valence-electron chi connectivity index (χ1n) is 9.69. The molecule has 4 rings (SSSR count). The van der Waals surface area contributed by atoms with Crippen LogP contribution in [0.15, 0.2) is 79.1 Å². The Kier molecular flexibility index (Phi) is 6.05. The van der Waals surface area contributed by atoms with Gasteiger partial charge in [-0.3, -0.25) is 9.78 Å². The van der Waals surface area contributed by atoms with Crippen LogP contribution in [0.1, 0.15) is 21.5 Å². The molecule has 1 aliphatic rings. The molecule has 0 saturated carbocycles. The summed E-state index contributed by atoms with van der Waals surface area (Å²) in [6.45, 7) is 0.526. The molecule has 5 nitrogen and oxygen atoms in total. The quantitative estimate of drug-likeness (QED) is 0.646. The van der Waals surface area contributed by atoms with E-state index in [4.69, 9.17) is 4.74 Å². The molecule has 2 aromatic carbocycles. The van der Waals surface area contributed by atoms with E-state index in [0.717, 1.165) is 27.5 Å². The van der Waals surface area contributed by atoms with Gasteiger partial charge in [0.05, 0.1) is 18.2 Å². The zero-order valence-corrected chi connectivity index (χ0v) is 17.7. The van der Waals surface area contributed by atoms with E-state index in [9.17, 15) is 4.79 Å². The predicted octanol–water partition coefficient (Wildman–Crippen LogP) is 4.35. The van der Waals surface area contributed by atoms with E-state index in [1.54, 1.807) is 25.1 Å².